The Morgan fingerprint density at radius 2 is 1.41 bits per heavy atom. The minimum atomic E-state index is -0.395. The molecule has 0 unspecified atom stereocenters. The highest BCUT2D eigenvalue weighted by Crippen LogP contribution is 2.33. The first-order chi connectivity index (χ1) is 13.2. The van der Waals surface area contributed by atoms with Crippen molar-refractivity contribution in [3.05, 3.63) is 29.8 Å². The van der Waals surface area contributed by atoms with Crippen molar-refractivity contribution in [1.82, 2.24) is 4.90 Å². The molecule has 2 saturated heterocycles. The number of rotatable bonds is 8. The minimum Gasteiger partial charge on any atom is -0.379 e. The van der Waals surface area contributed by atoms with Gasteiger partial charge in [0.15, 0.2) is 5.78 Å². The number of ketones is 1. The van der Waals surface area contributed by atoms with Crippen LogP contribution in [0.25, 0.3) is 0 Å². The van der Waals surface area contributed by atoms with E-state index in [1.54, 1.807) is 0 Å². The highest BCUT2D eigenvalue weighted by Gasteiger charge is 2.43. The molecule has 0 aliphatic carbocycles. The highest BCUT2D eigenvalue weighted by molar-refractivity contribution is 6.03. The molecule has 3 rings (SSSR count). The van der Waals surface area contributed by atoms with Crippen molar-refractivity contribution in [2.24, 2.45) is 0 Å². The van der Waals surface area contributed by atoms with E-state index in [2.05, 4.69) is 35.8 Å². The number of anilines is 1. The van der Waals surface area contributed by atoms with Gasteiger partial charge in [0, 0.05) is 37.4 Å². The molecule has 0 bridgehead atoms. The van der Waals surface area contributed by atoms with Crippen LogP contribution in [-0.2, 0) is 9.47 Å². The van der Waals surface area contributed by atoms with Crippen LogP contribution in [0.15, 0.2) is 24.3 Å². The van der Waals surface area contributed by atoms with E-state index in [1.165, 1.54) is 5.69 Å². The molecule has 0 radical (unpaired) electrons. The maximum absolute atomic E-state index is 13.7. The predicted octanol–water partition coefficient (Wildman–Crippen LogP) is 3.38. The maximum Gasteiger partial charge on any atom is 0.183 e. The van der Waals surface area contributed by atoms with Crippen molar-refractivity contribution in [2.45, 2.75) is 45.1 Å². The lowest BCUT2D eigenvalue weighted by Crippen LogP contribution is -2.58. The summed E-state index contributed by atoms with van der Waals surface area (Å²) in [7, 11) is 0. The van der Waals surface area contributed by atoms with Crippen molar-refractivity contribution in [3.63, 3.8) is 0 Å². The van der Waals surface area contributed by atoms with Crippen molar-refractivity contribution < 1.29 is 14.3 Å². The highest BCUT2D eigenvalue weighted by atomic mass is 16.5. The topological polar surface area (TPSA) is 42.0 Å². The third-order valence-corrected chi connectivity index (χ3v) is 5.87. The molecule has 27 heavy (non-hydrogen) atoms. The summed E-state index contributed by atoms with van der Waals surface area (Å²) in [6.07, 6.45) is 3.83. The molecular weight excluding hydrogens is 340 g/mol. The molecule has 0 atom stereocenters. The molecule has 2 heterocycles. The zero-order chi connectivity index (χ0) is 19.1. The molecule has 0 N–H and O–H groups in total. The van der Waals surface area contributed by atoms with Crippen LogP contribution in [0.1, 0.15) is 49.9 Å². The van der Waals surface area contributed by atoms with Crippen molar-refractivity contribution in [2.75, 3.05) is 57.5 Å². The van der Waals surface area contributed by atoms with E-state index in [0.717, 1.165) is 83.9 Å². The Bertz CT molecular complexity index is 584. The average molecular weight is 375 g/mol. The Hall–Kier alpha value is -1.43. The van der Waals surface area contributed by atoms with E-state index >= 15 is 0 Å². The van der Waals surface area contributed by atoms with Crippen LogP contribution in [0.5, 0.6) is 0 Å². The Balaban J connectivity index is 1.83. The number of carbonyl (C=O) groups is 1. The van der Waals surface area contributed by atoms with Gasteiger partial charge in [-0.25, -0.2) is 0 Å². The molecule has 1 aromatic carbocycles. The Labute approximate surface area is 163 Å². The maximum atomic E-state index is 13.7. The summed E-state index contributed by atoms with van der Waals surface area (Å²) in [4.78, 5) is 18.4. The summed E-state index contributed by atoms with van der Waals surface area (Å²) in [6.45, 7) is 10.9. The van der Waals surface area contributed by atoms with Crippen molar-refractivity contribution >= 4 is 11.5 Å². The lowest BCUT2D eigenvalue weighted by atomic mass is 9.79. The first kappa shape index (κ1) is 20.3. The van der Waals surface area contributed by atoms with Gasteiger partial charge < -0.3 is 14.4 Å². The summed E-state index contributed by atoms with van der Waals surface area (Å²) in [5.74, 6) is 0.279. The first-order valence-electron chi connectivity index (χ1n) is 10.5. The summed E-state index contributed by atoms with van der Waals surface area (Å²) >= 11 is 0. The fourth-order valence-corrected chi connectivity index (χ4v) is 4.54. The largest absolute Gasteiger partial charge is 0.379 e. The van der Waals surface area contributed by atoms with Gasteiger partial charge in [-0.2, -0.15) is 0 Å². The molecule has 0 aromatic heterocycles. The fourth-order valence-electron chi connectivity index (χ4n) is 4.54. The lowest BCUT2D eigenvalue weighted by Gasteiger charge is -2.45. The smallest absolute Gasteiger partial charge is 0.183 e. The van der Waals surface area contributed by atoms with E-state index in [9.17, 15) is 4.79 Å². The number of hydrogen-bond donors (Lipinski definition) is 0. The van der Waals surface area contributed by atoms with Gasteiger partial charge in [-0.1, -0.05) is 26.7 Å². The van der Waals surface area contributed by atoms with Crippen LogP contribution in [0.2, 0.25) is 0 Å². The summed E-state index contributed by atoms with van der Waals surface area (Å²) in [5.41, 5.74) is 1.62. The average Bonchev–Trinajstić information content (AvgIpc) is 2.74. The van der Waals surface area contributed by atoms with Crippen molar-refractivity contribution in [1.29, 1.82) is 0 Å². The van der Waals surface area contributed by atoms with Crippen LogP contribution >= 0.6 is 0 Å². The van der Waals surface area contributed by atoms with Gasteiger partial charge in [-0.05, 0) is 37.1 Å². The van der Waals surface area contributed by atoms with Gasteiger partial charge in [0.25, 0.3) is 0 Å². The van der Waals surface area contributed by atoms with Crippen LogP contribution in [0, 0.1) is 0 Å². The van der Waals surface area contributed by atoms with E-state index in [0.29, 0.717) is 0 Å². The van der Waals surface area contributed by atoms with Crippen LogP contribution < -0.4 is 4.90 Å². The van der Waals surface area contributed by atoms with Crippen molar-refractivity contribution in [3.8, 4) is 0 Å². The summed E-state index contributed by atoms with van der Waals surface area (Å²) < 4.78 is 11.0. The third-order valence-electron chi connectivity index (χ3n) is 5.87. The molecule has 2 aliphatic rings. The zero-order valence-electron chi connectivity index (χ0n) is 16.9. The Kier molecular flexibility index (Phi) is 7.27. The third kappa shape index (κ3) is 4.53. The number of carbonyl (C=O) groups excluding carboxylic acids is 1. The number of morpholine rings is 2. The number of nitrogens with zero attached hydrogens (tertiary/aromatic N) is 2. The van der Waals surface area contributed by atoms with Gasteiger partial charge in [-0.3, -0.25) is 9.69 Å². The quantitative estimate of drug-likeness (QED) is 0.653. The van der Waals surface area contributed by atoms with Crippen LogP contribution in [-0.4, -0.2) is 68.8 Å². The number of benzene rings is 1. The number of ether oxygens (including phenoxy) is 2. The molecular formula is C22H34N2O3. The van der Waals surface area contributed by atoms with Gasteiger partial charge in [0.2, 0.25) is 0 Å². The molecule has 0 spiro atoms. The molecule has 2 fully saturated rings. The monoisotopic (exact) mass is 374 g/mol. The Morgan fingerprint density at radius 3 is 1.93 bits per heavy atom. The molecule has 150 valence electrons. The molecule has 5 nitrogen and oxygen atoms in total. The van der Waals surface area contributed by atoms with E-state index in [-0.39, 0.29) is 5.78 Å². The number of hydrogen-bond acceptors (Lipinski definition) is 5. The molecule has 0 saturated carbocycles. The van der Waals surface area contributed by atoms with Gasteiger partial charge >= 0.3 is 0 Å². The first-order valence-corrected chi connectivity index (χ1v) is 10.5. The standard InChI is InChI=1S/C22H34N2O3/c1-3-9-22(10-4-2,24-13-17-27-18-14-24)21(25)19-5-7-20(8-6-19)23-11-15-26-16-12-23/h5-8H,3-4,9-18H2,1-2H3. The van der Waals surface area contributed by atoms with E-state index < -0.39 is 5.54 Å². The molecule has 2 aliphatic heterocycles. The van der Waals surface area contributed by atoms with Gasteiger partial charge in [0.05, 0.1) is 32.0 Å². The Morgan fingerprint density at radius 1 is 0.889 bits per heavy atom. The fraction of sp³-hybridized carbons (Fsp3) is 0.682. The van der Waals surface area contributed by atoms with E-state index in [4.69, 9.17) is 9.47 Å². The second-order valence-corrected chi connectivity index (χ2v) is 7.61. The van der Waals surface area contributed by atoms with E-state index in [1.807, 2.05) is 12.1 Å². The molecule has 1 aromatic rings. The van der Waals surface area contributed by atoms with Gasteiger partial charge in [-0.15, -0.1) is 0 Å². The molecule has 0 amide bonds. The lowest BCUT2D eigenvalue weighted by molar-refractivity contribution is -0.0209. The summed E-state index contributed by atoms with van der Waals surface area (Å²) in [6, 6.07) is 8.24. The second-order valence-electron chi connectivity index (χ2n) is 7.61. The van der Waals surface area contributed by atoms with Crippen LogP contribution in [0.3, 0.4) is 0 Å². The minimum absolute atomic E-state index is 0.279. The van der Waals surface area contributed by atoms with Gasteiger partial charge in [0.1, 0.15) is 0 Å². The predicted molar refractivity (Wildman–Crippen MR) is 109 cm³/mol. The normalized spacial score (nSPS) is 19.3. The zero-order valence-corrected chi connectivity index (χ0v) is 16.9. The summed E-state index contributed by atoms with van der Waals surface area (Å²) in [5, 5.41) is 0. The molecule has 5 heteroatoms. The van der Waals surface area contributed by atoms with Crippen LogP contribution in [0.4, 0.5) is 5.69 Å². The number of Topliss-reactive ketones (excluding diaryl/α,β-unsaturated/α-hetero) is 1. The second kappa shape index (κ2) is 9.67. The SMILES string of the molecule is CCCC(CCC)(C(=O)c1ccc(N2CCOCC2)cc1)N1CCOCC1.